The van der Waals surface area contributed by atoms with Crippen LogP contribution in [0.15, 0.2) is 17.3 Å². The predicted molar refractivity (Wildman–Crippen MR) is 87.4 cm³/mol. The van der Waals surface area contributed by atoms with Gasteiger partial charge in [-0.1, -0.05) is 0 Å². The van der Waals surface area contributed by atoms with Gasteiger partial charge in [0.2, 0.25) is 0 Å². The summed E-state index contributed by atoms with van der Waals surface area (Å²) in [6, 6.07) is 0. The first-order valence-electron chi connectivity index (χ1n) is 8.59. The molecule has 6 nitrogen and oxygen atoms in total. The van der Waals surface area contributed by atoms with Crippen molar-refractivity contribution < 1.29 is 9.84 Å². The van der Waals surface area contributed by atoms with E-state index in [1.54, 1.807) is 17.1 Å². The third-order valence-corrected chi connectivity index (χ3v) is 5.18. The quantitative estimate of drug-likeness (QED) is 0.889. The lowest BCUT2D eigenvalue weighted by Gasteiger charge is -2.39. The summed E-state index contributed by atoms with van der Waals surface area (Å²) in [7, 11) is 0. The fourth-order valence-electron chi connectivity index (χ4n) is 3.62. The summed E-state index contributed by atoms with van der Waals surface area (Å²) in [6.45, 7) is 6.60. The SMILES string of the molecule is Cc1cncn(CC2CCN(CC3(O)CCOCC3)CC2)c1=O. The highest BCUT2D eigenvalue weighted by Crippen LogP contribution is 2.25. The Bertz CT molecular complexity index is 573. The number of aryl methyl sites for hydroxylation is 1. The van der Waals surface area contributed by atoms with E-state index in [4.69, 9.17) is 4.74 Å². The molecular formula is C17H27N3O3. The molecule has 0 aromatic carbocycles. The molecular weight excluding hydrogens is 294 g/mol. The number of likely N-dealkylation sites (tertiary alicyclic amines) is 1. The molecule has 0 atom stereocenters. The lowest BCUT2D eigenvalue weighted by molar-refractivity contribution is -0.0831. The Morgan fingerprint density at radius 2 is 2.04 bits per heavy atom. The van der Waals surface area contributed by atoms with Crippen LogP contribution in [0.3, 0.4) is 0 Å². The second-order valence-corrected chi connectivity index (χ2v) is 7.09. The van der Waals surface area contributed by atoms with Gasteiger partial charge >= 0.3 is 0 Å². The molecule has 0 unspecified atom stereocenters. The molecule has 6 heteroatoms. The van der Waals surface area contributed by atoms with E-state index in [9.17, 15) is 9.90 Å². The minimum Gasteiger partial charge on any atom is -0.388 e. The van der Waals surface area contributed by atoms with E-state index in [0.29, 0.717) is 24.7 Å². The van der Waals surface area contributed by atoms with Crippen molar-refractivity contribution in [2.45, 2.75) is 44.8 Å². The first-order chi connectivity index (χ1) is 11.1. The molecule has 1 aromatic rings. The number of nitrogens with zero attached hydrogens (tertiary/aromatic N) is 3. The standard InChI is InChI=1S/C17H27N3O3/c1-14-10-18-13-20(16(14)21)11-15-2-6-19(7-3-15)12-17(22)4-8-23-9-5-17/h10,13,15,22H,2-9,11-12H2,1H3. The molecule has 3 rings (SSSR count). The van der Waals surface area contributed by atoms with Crippen LogP contribution in [0.4, 0.5) is 0 Å². The molecule has 2 aliphatic heterocycles. The Hall–Kier alpha value is -1.24. The molecule has 0 aliphatic carbocycles. The average Bonchev–Trinajstić information content (AvgIpc) is 2.54. The van der Waals surface area contributed by atoms with Crippen molar-refractivity contribution in [1.29, 1.82) is 0 Å². The third-order valence-electron chi connectivity index (χ3n) is 5.18. The van der Waals surface area contributed by atoms with E-state index in [1.165, 1.54) is 0 Å². The maximum atomic E-state index is 12.1. The minimum atomic E-state index is -0.581. The van der Waals surface area contributed by atoms with Gasteiger partial charge in [-0.25, -0.2) is 4.98 Å². The Kier molecular flexibility index (Phi) is 5.14. The fourth-order valence-corrected chi connectivity index (χ4v) is 3.62. The highest BCUT2D eigenvalue weighted by molar-refractivity contribution is 5.00. The van der Waals surface area contributed by atoms with E-state index >= 15 is 0 Å². The lowest BCUT2D eigenvalue weighted by Crippen LogP contribution is -2.49. The topological polar surface area (TPSA) is 67.6 Å². The smallest absolute Gasteiger partial charge is 0.256 e. The highest BCUT2D eigenvalue weighted by Gasteiger charge is 2.33. The molecule has 0 bridgehead atoms. The number of piperidine rings is 1. The van der Waals surface area contributed by atoms with Crippen molar-refractivity contribution in [2.24, 2.45) is 5.92 Å². The highest BCUT2D eigenvalue weighted by atomic mass is 16.5. The van der Waals surface area contributed by atoms with Gasteiger partial charge < -0.3 is 14.7 Å². The maximum absolute atomic E-state index is 12.1. The molecule has 0 radical (unpaired) electrons. The van der Waals surface area contributed by atoms with E-state index in [-0.39, 0.29) is 5.56 Å². The second kappa shape index (κ2) is 7.11. The zero-order chi connectivity index (χ0) is 16.3. The number of hydrogen-bond donors (Lipinski definition) is 1. The van der Waals surface area contributed by atoms with Crippen molar-refractivity contribution in [3.63, 3.8) is 0 Å². The number of ether oxygens (including phenoxy) is 1. The summed E-state index contributed by atoms with van der Waals surface area (Å²) >= 11 is 0. The summed E-state index contributed by atoms with van der Waals surface area (Å²) in [6.07, 6.45) is 6.86. The van der Waals surface area contributed by atoms with Crippen molar-refractivity contribution in [2.75, 3.05) is 32.8 Å². The third kappa shape index (κ3) is 4.19. The van der Waals surface area contributed by atoms with Gasteiger partial charge in [0.05, 0.1) is 11.9 Å². The maximum Gasteiger partial charge on any atom is 0.256 e. The summed E-state index contributed by atoms with van der Waals surface area (Å²) in [4.78, 5) is 18.6. The molecule has 23 heavy (non-hydrogen) atoms. The summed E-state index contributed by atoms with van der Waals surface area (Å²) in [5, 5.41) is 10.6. The average molecular weight is 321 g/mol. The Labute approximate surface area is 137 Å². The first kappa shape index (κ1) is 16.6. The van der Waals surface area contributed by atoms with Gasteiger partial charge in [0.15, 0.2) is 0 Å². The summed E-state index contributed by atoms with van der Waals surface area (Å²) in [5.74, 6) is 0.511. The summed E-state index contributed by atoms with van der Waals surface area (Å²) < 4.78 is 7.08. The first-order valence-corrected chi connectivity index (χ1v) is 8.59. The molecule has 0 spiro atoms. The zero-order valence-corrected chi connectivity index (χ0v) is 13.9. The van der Waals surface area contributed by atoms with Crippen molar-refractivity contribution in [3.05, 3.63) is 28.4 Å². The number of rotatable bonds is 4. The number of hydrogen-bond acceptors (Lipinski definition) is 5. The normalized spacial score (nSPS) is 23.0. The second-order valence-electron chi connectivity index (χ2n) is 7.09. The zero-order valence-electron chi connectivity index (χ0n) is 13.9. The van der Waals surface area contributed by atoms with E-state index in [0.717, 1.165) is 51.9 Å². The summed E-state index contributed by atoms with van der Waals surface area (Å²) in [5.41, 5.74) is 0.188. The van der Waals surface area contributed by atoms with Crippen molar-refractivity contribution >= 4 is 0 Å². The van der Waals surface area contributed by atoms with E-state index in [1.807, 2.05) is 6.92 Å². The minimum absolute atomic E-state index is 0.0685. The number of aliphatic hydroxyl groups is 1. The Balaban J connectivity index is 1.50. The van der Waals surface area contributed by atoms with Crippen LogP contribution >= 0.6 is 0 Å². The molecule has 3 heterocycles. The van der Waals surface area contributed by atoms with Crippen LogP contribution in [0, 0.1) is 12.8 Å². The van der Waals surface area contributed by atoms with E-state index in [2.05, 4.69) is 9.88 Å². The van der Waals surface area contributed by atoms with E-state index < -0.39 is 5.60 Å². The molecule has 2 fully saturated rings. The van der Waals surface area contributed by atoms with Gasteiger partial charge in [0.25, 0.3) is 5.56 Å². The lowest BCUT2D eigenvalue weighted by atomic mass is 9.91. The van der Waals surface area contributed by atoms with Gasteiger partial charge in [-0.2, -0.15) is 0 Å². The van der Waals surface area contributed by atoms with Crippen LogP contribution in [0.1, 0.15) is 31.2 Å². The van der Waals surface area contributed by atoms with Gasteiger partial charge in [-0.05, 0) is 38.8 Å². The monoisotopic (exact) mass is 321 g/mol. The molecule has 2 saturated heterocycles. The number of aromatic nitrogens is 2. The molecule has 1 N–H and O–H groups in total. The fraction of sp³-hybridized carbons (Fsp3) is 0.765. The van der Waals surface area contributed by atoms with Gasteiger partial charge in [-0.3, -0.25) is 9.36 Å². The molecule has 128 valence electrons. The molecule has 0 saturated carbocycles. The van der Waals surface area contributed by atoms with Crippen LogP contribution in [0.5, 0.6) is 0 Å². The van der Waals surface area contributed by atoms with Gasteiger partial charge in [0, 0.05) is 50.9 Å². The van der Waals surface area contributed by atoms with Crippen molar-refractivity contribution in [3.8, 4) is 0 Å². The Morgan fingerprint density at radius 1 is 1.35 bits per heavy atom. The van der Waals surface area contributed by atoms with Crippen molar-refractivity contribution in [1.82, 2.24) is 14.5 Å². The molecule has 0 amide bonds. The van der Waals surface area contributed by atoms with Crippen LogP contribution in [-0.4, -0.2) is 58.0 Å². The molecule has 2 aliphatic rings. The number of β-amino-alcohol motifs (C(OH)–C–C–N with tert-alkyl or cyclic N) is 1. The van der Waals surface area contributed by atoms with Gasteiger partial charge in [0.1, 0.15) is 0 Å². The van der Waals surface area contributed by atoms with Crippen LogP contribution in [-0.2, 0) is 11.3 Å². The van der Waals surface area contributed by atoms with Crippen LogP contribution in [0.2, 0.25) is 0 Å². The van der Waals surface area contributed by atoms with Crippen LogP contribution < -0.4 is 5.56 Å². The largest absolute Gasteiger partial charge is 0.388 e. The van der Waals surface area contributed by atoms with Gasteiger partial charge in [-0.15, -0.1) is 0 Å². The molecule has 1 aromatic heterocycles. The predicted octanol–water partition coefficient (Wildman–Crippen LogP) is 0.805. The Morgan fingerprint density at radius 3 is 2.74 bits per heavy atom. The van der Waals surface area contributed by atoms with Crippen LogP contribution in [0.25, 0.3) is 0 Å².